The predicted octanol–water partition coefficient (Wildman–Crippen LogP) is 5.42. The molecule has 0 aliphatic rings. The summed E-state index contributed by atoms with van der Waals surface area (Å²) in [5.74, 6) is -0.0569. The number of carbonyl (C=O) groups excluding carboxylic acids is 1. The van der Waals surface area contributed by atoms with Crippen molar-refractivity contribution in [2.75, 3.05) is 6.61 Å². The van der Waals surface area contributed by atoms with Crippen LogP contribution in [-0.2, 0) is 9.53 Å². The first kappa shape index (κ1) is 18.2. The largest absolute Gasteiger partial charge is 0.466 e. The zero-order chi connectivity index (χ0) is 14.2. The molecule has 19 heavy (non-hydrogen) atoms. The summed E-state index contributed by atoms with van der Waals surface area (Å²) in [6.07, 6.45) is 17.7. The maximum atomic E-state index is 11.1. The van der Waals surface area contributed by atoms with E-state index in [2.05, 4.69) is 19.1 Å². The molecule has 0 rings (SSSR count). The smallest absolute Gasteiger partial charge is 0.305 e. The molecule has 0 aromatic carbocycles. The lowest BCUT2D eigenvalue weighted by atomic mass is 10.1. The fraction of sp³-hybridized carbons (Fsp3) is 0.824. The Morgan fingerprint density at radius 3 is 2.05 bits per heavy atom. The van der Waals surface area contributed by atoms with E-state index in [0.717, 1.165) is 19.3 Å². The van der Waals surface area contributed by atoms with E-state index in [-0.39, 0.29) is 5.97 Å². The van der Waals surface area contributed by atoms with E-state index in [1.807, 2.05) is 6.92 Å². The molecule has 0 fully saturated rings. The molecule has 0 spiro atoms. The van der Waals surface area contributed by atoms with Crippen LogP contribution >= 0.6 is 0 Å². The Labute approximate surface area is 119 Å². The summed E-state index contributed by atoms with van der Waals surface area (Å²) in [6, 6.07) is 0. The van der Waals surface area contributed by atoms with Gasteiger partial charge in [-0.05, 0) is 39.0 Å². The second kappa shape index (κ2) is 15.3. The summed E-state index contributed by atoms with van der Waals surface area (Å²) in [7, 11) is 0. The number of hydrogen-bond acceptors (Lipinski definition) is 2. The maximum Gasteiger partial charge on any atom is 0.305 e. The van der Waals surface area contributed by atoms with E-state index in [1.54, 1.807) is 0 Å². The molecule has 2 heteroatoms. The van der Waals surface area contributed by atoms with Gasteiger partial charge in [0, 0.05) is 6.42 Å². The third-order valence-electron chi connectivity index (χ3n) is 3.20. The van der Waals surface area contributed by atoms with E-state index in [9.17, 15) is 4.79 Å². The summed E-state index contributed by atoms with van der Waals surface area (Å²) in [6.45, 7) is 4.60. The molecule has 112 valence electrons. The summed E-state index contributed by atoms with van der Waals surface area (Å²) in [5.41, 5.74) is 0. The van der Waals surface area contributed by atoms with Crippen LogP contribution in [0.25, 0.3) is 0 Å². The van der Waals surface area contributed by atoms with Crippen molar-refractivity contribution < 1.29 is 9.53 Å². The maximum absolute atomic E-state index is 11.1. The average molecular weight is 268 g/mol. The molecule has 0 bridgehead atoms. The van der Waals surface area contributed by atoms with E-state index in [1.165, 1.54) is 44.9 Å². The van der Waals surface area contributed by atoms with Gasteiger partial charge in [0.2, 0.25) is 0 Å². The summed E-state index contributed by atoms with van der Waals surface area (Å²) in [4.78, 5) is 11.1. The van der Waals surface area contributed by atoms with Gasteiger partial charge in [-0.3, -0.25) is 4.79 Å². The number of allylic oxidation sites excluding steroid dienone is 2. The second-order valence-corrected chi connectivity index (χ2v) is 5.08. The molecule has 0 atom stereocenters. The van der Waals surface area contributed by atoms with Crippen LogP contribution in [0, 0.1) is 0 Å². The van der Waals surface area contributed by atoms with Gasteiger partial charge in [-0.25, -0.2) is 0 Å². The Balaban J connectivity index is 3.15. The van der Waals surface area contributed by atoms with Crippen molar-refractivity contribution in [2.24, 2.45) is 0 Å². The molecule has 0 N–H and O–H groups in total. The van der Waals surface area contributed by atoms with E-state index in [4.69, 9.17) is 4.74 Å². The fourth-order valence-electron chi connectivity index (χ4n) is 2.04. The lowest BCUT2D eigenvalue weighted by Gasteiger charge is -2.00. The number of esters is 1. The minimum atomic E-state index is -0.0569. The number of ether oxygens (including phenoxy) is 1. The molecule has 0 aliphatic heterocycles. The van der Waals surface area contributed by atoms with Crippen molar-refractivity contribution in [3.63, 3.8) is 0 Å². The van der Waals surface area contributed by atoms with Gasteiger partial charge in [0.1, 0.15) is 0 Å². The highest BCUT2D eigenvalue weighted by Gasteiger charge is 1.99. The van der Waals surface area contributed by atoms with E-state index < -0.39 is 0 Å². The molecular formula is C17H32O2. The minimum Gasteiger partial charge on any atom is -0.466 e. The normalized spacial score (nSPS) is 11.1. The highest BCUT2D eigenvalue weighted by atomic mass is 16.5. The lowest BCUT2D eigenvalue weighted by Crippen LogP contribution is -2.02. The molecule has 0 aromatic heterocycles. The van der Waals surface area contributed by atoms with Gasteiger partial charge in [0.05, 0.1) is 6.61 Å². The van der Waals surface area contributed by atoms with Crippen LogP contribution in [0.1, 0.15) is 84.5 Å². The second-order valence-electron chi connectivity index (χ2n) is 5.08. The molecule has 0 heterocycles. The molecule has 0 aromatic rings. The lowest BCUT2D eigenvalue weighted by molar-refractivity contribution is -0.143. The molecule has 0 saturated heterocycles. The molecular weight excluding hydrogens is 236 g/mol. The summed E-state index contributed by atoms with van der Waals surface area (Å²) in [5, 5.41) is 0. The summed E-state index contributed by atoms with van der Waals surface area (Å²) >= 11 is 0. The highest BCUT2D eigenvalue weighted by molar-refractivity contribution is 5.69. The van der Waals surface area contributed by atoms with Crippen LogP contribution in [-0.4, -0.2) is 12.6 Å². The van der Waals surface area contributed by atoms with E-state index in [0.29, 0.717) is 13.0 Å². The average Bonchev–Trinajstić information content (AvgIpc) is 2.40. The monoisotopic (exact) mass is 268 g/mol. The summed E-state index contributed by atoms with van der Waals surface area (Å²) < 4.78 is 4.88. The van der Waals surface area contributed by atoms with Crippen LogP contribution in [0.2, 0.25) is 0 Å². The Bertz CT molecular complexity index is 221. The molecule has 0 radical (unpaired) electrons. The quantitative estimate of drug-likeness (QED) is 0.253. The van der Waals surface area contributed by atoms with Gasteiger partial charge < -0.3 is 4.74 Å². The third kappa shape index (κ3) is 15.2. The Hall–Kier alpha value is -0.790. The van der Waals surface area contributed by atoms with Gasteiger partial charge in [-0.15, -0.1) is 0 Å². The van der Waals surface area contributed by atoms with Crippen molar-refractivity contribution in [2.45, 2.75) is 84.5 Å². The third-order valence-corrected chi connectivity index (χ3v) is 3.20. The Kier molecular flexibility index (Phi) is 14.6. The van der Waals surface area contributed by atoms with Crippen molar-refractivity contribution in [1.29, 1.82) is 0 Å². The van der Waals surface area contributed by atoms with Gasteiger partial charge in [0.15, 0.2) is 0 Å². The Morgan fingerprint density at radius 2 is 1.42 bits per heavy atom. The van der Waals surface area contributed by atoms with Crippen LogP contribution in [0.5, 0.6) is 0 Å². The minimum absolute atomic E-state index is 0.0569. The van der Waals surface area contributed by atoms with Gasteiger partial charge in [0.25, 0.3) is 0 Å². The van der Waals surface area contributed by atoms with Gasteiger partial charge >= 0.3 is 5.97 Å². The van der Waals surface area contributed by atoms with Crippen LogP contribution < -0.4 is 0 Å². The van der Waals surface area contributed by atoms with E-state index >= 15 is 0 Å². The van der Waals surface area contributed by atoms with Crippen molar-refractivity contribution in [3.05, 3.63) is 12.2 Å². The number of hydrogen-bond donors (Lipinski definition) is 0. The molecule has 0 amide bonds. The molecule has 2 nitrogen and oxygen atoms in total. The van der Waals surface area contributed by atoms with Crippen molar-refractivity contribution in [3.8, 4) is 0 Å². The number of unbranched alkanes of at least 4 members (excludes halogenated alkanes) is 8. The fourth-order valence-corrected chi connectivity index (χ4v) is 2.04. The van der Waals surface area contributed by atoms with Crippen LogP contribution in [0.15, 0.2) is 12.2 Å². The predicted molar refractivity (Wildman–Crippen MR) is 82.2 cm³/mol. The van der Waals surface area contributed by atoms with Crippen LogP contribution in [0.3, 0.4) is 0 Å². The van der Waals surface area contributed by atoms with Crippen molar-refractivity contribution >= 4 is 5.97 Å². The number of carbonyl (C=O) groups is 1. The topological polar surface area (TPSA) is 26.3 Å². The van der Waals surface area contributed by atoms with Gasteiger partial charge in [-0.2, -0.15) is 0 Å². The molecule has 0 saturated carbocycles. The highest BCUT2D eigenvalue weighted by Crippen LogP contribution is 2.08. The first-order chi connectivity index (χ1) is 9.31. The molecule has 0 aliphatic carbocycles. The van der Waals surface area contributed by atoms with Crippen LogP contribution in [0.4, 0.5) is 0 Å². The zero-order valence-electron chi connectivity index (χ0n) is 13.0. The Morgan fingerprint density at radius 1 is 0.842 bits per heavy atom. The SMILES string of the molecule is CCCCCCCC/C=C\CCCCC(=O)OCC. The standard InChI is InChI=1S/C17H32O2/c1-3-5-6-7-8-9-10-11-12-13-14-15-16-17(18)19-4-2/h11-12H,3-10,13-16H2,1-2H3/b12-11-. The first-order valence-electron chi connectivity index (χ1n) is 8.11. The van der Waals surface area contributed by atoms with Gasteiger partial charge in [-0.1, -0.05) is 51.2 Å². The zero-order valence-corrected chi connectivity index (χ0v) is 13.0. The number of rotatable bonds is 13. The van der Waals surface area contributed by atoms with Crippen molar-refractivity contribution in [1.82, 2.24) is 0 Å². The first-order valence-corrected chi connectivity index (χ1v) is 8.11. The molecule has 0 unspecified atom stereocenters.